The monoisotopic (exact) mass is 562 g/mol. The minimum Gasteiger partial charge on any atom is -0.437 e. The van der Waals surface area contributed by atoms with Gasteiger partial charge < -0.3 is 20.7 Å². The van der Waals surface area contributed by atoms with Crippen molar-refractivity contribution in [3.8, 4) is 22.9 Å². The molecule has 1 saturated heterocycles. The van der Waals surface area contributed by atoms with E-state index in [0.29, 0.717) is 45.3 Å². The first-order valence-electron chi connectivity index (χ1n) is 13.6. The van der Waals surface area contributed by atoms with Crippen molar-refractivity contribution in [3.63, 3.8) is 0 Å². The highest BCUT2D eigenvalue weighted by Gasteiger charge is 2.58. The number of piperidine rings is 1. The number of aryl methyl sites for hydroxylation is 1. The van der Waals surface area contributed by atoms with E-state index in [0.717, 1.165) is 31.5 Å². The third-order valence-electron chi connectivity index (χ3n) is 7.55. The molecule has 3 unspecified atom stereocenters. The molecule has 2 fully saturated rings. The van der Waals surface area contributed by atoms with Gasteiger partial charge in [-0.25, -0.2) is 15.0 Å². The first-order valence-corrected chi connectivity index (χ1v) is 13.6. The Kier molecular flexibility index (Phi) is 7.21. The van der Waals surface area contributed by atoms with Gasteiger partial charge in [-0.2, -0.15) is 13.2 Å². The molecule has 2 aromatic heterocycles. The van der Waals surface area contributed by atoms with Gasteiger partial charge in [0, 0.05) is 41.4 Å². The summed E-state index contributed by atoms with van der Waals surface area (Å²) in [5.41, 5.74) is 2.57. The van der Waals surface area contributed by atoms with E-state index < -0.39 is 23.9 Å². The molecule has 3 N–H and O–H groups in total. The predicted molar refractivity (Wildman–Crippen MR) is 150 cm³/mol. The molecule has 212 valence electrons. The quantitative estimate of drug-likeness (QED) is 0.251. The predicted octanol–water partition coefficient (Wildman–Crippen LogP) is 6.09. The van der Waals surface area contributed by atoms with Crippen LogP contribution in [-0.2, 0) is 4.79 Å². The van der Waals surface area contributed by atoms with E-state index in [9.17, 15) is 18.0 Å². The maximum atomic E-state index is 13.0. The molecule has 2 aromatic carbocycles. The number of hydrogen-bond acceptors (Lipinski definition) is 7. The lowest BCUT2D eigenvalue weighted by Gasteiger charge is -2.23. The summed E-state index contributed by atoms with van der Waals surface area (Å²) >= 11 is 0. The lowest BCUT2D eigenvalue weighted by atomic mass is 10.0. The molecule has 0 spiro atoms. The van der Waals surface area contributed by atoms with Crippen LogP contribution in [-0.4, -0.2) is 46.2 Å². The zero-order chi connectivity index (χ0) is 28.6. The normalized spacial score (nSPS) is 20.4. The molecule has 0 bridgehead atoms. The van der Waals surface area contributed by atoms with Gasteiger partial charge in [0.25, 0.3) is 0 Å². The van der Waals surface area contributed by atoms with Crippen molar-refractivity contribution >= 4 is 28.3 Å². The van der Waals surface area contributed by atoms with Crippen LogP contribution in [0.3, 0.4) is 0 Å². The Bertz CT molecular complexity index is 1590. The van der Waals surface area contributed by atoms with E-state index in [-0.39, 0.29) is 12.5 Å². The summed E-state index contributed by atoms with van der Waals surface area (Å²) < 4.78 is 45.5. The summed E-state index contributed by atoms with van der Waals surface area (Å²) in [7, 11) is 0. The van der Waals surface area contributed by atoms with Gasteiger partial charge in [0.1, 0.15) is 5.75 Å². The van der Waals surface area contributed by atoms with Gasteiger partial charge in [0.05, 0.1) is 23.1 Å². The molecule has 0 radical (unpaired) electrons. The van der Waals surface area contributed by atoms with E-state index in [1.165, 1.54) is 0 Å². The maximum Gasteiger partial charge on any atom is 0.392 e. The van der Waals surface area contributed by atoms with Crippen molar-refractivity contribution in [1.29, 1.82) is 0 Å². The fourth-order valence-corrected chi connectivity index (χ4v) is 5.26. The number of anilines is 2. The second kappa shape index (κ2) is 11.0. The van der Waals surface area contributed by atoms with E-state index in [2.05, 4.69) is 25.9 Å². The van der Waals surface area contributed by atoms with Gasteiger partial charge >= 0.3 is 6.18 Å². The molecule has 2 aliphatic rings. The highest BCUT2D eigenvalue weighted by Crippen LogP contribution is 2.50. The Balaban J connectivity index is 1.28. The molecule has 3 heterocycles. The first kappa shape index (κ1) is 26.9. The number of ether oxygens (including phenoxy) is 1. The number of rotatable bonds is 7. The number of alkyl halides is 3. The van der Waals surface area contributed by atoms with E-state index in [4.69, 9.17) is 9.72 Å². The molecule has 1 amide bonds. The maximum absolute atomic E-state index is 13.0. The van der Waals surface area contributed by atoms with Gasteiger partial charge in [-0.05, 0) is 62.6 Å². The van der Waals surface area contributed by atoms with Crippen molar-refractivity contribution < 1.29 is 22.7 Å². The van der Waals surface area contributed by atoms with E-state index in [1.54, 1.807) is 36.7 Å². The number of pyridine rings is 1. The number of carbonyl (C=O) groups is 1. The largest absolute Gasteiger partial charge is 0.437 e. The number of halogens is 3. The van der Waals surface area contributed by atoms with Crippen molar-refractivity contribution in [2.24, 2.45) is 11.8 Å². The molecule has 1 aliphatic carbocycles. The Hall–Kier alpha value is -4.25. The van der Waals surface area contributed by atoms with Crippen LogP contribution < -0.4 is 20.7 Å². The minimum absolute atomic E-state index is 0.187. The van der Waals surface area contributed by atoms with E-state index in [1.807, 2.05) is 31.2 Å². The summed E-state index contributed by atoms with van der Waals surface area (Å²) in [5.74, 6) is -1.89. The third kappa shape index (κ3) is 5.81. The van der Waals surface area contributed by atoms with Gasteiger partial charge in [-0.3, -0.25) is 4.79 Å². The Morgan fingerprint density at radius 3 is 2.71 bits per heavy atom. The number of carbonyl (C=O) groups excluding carboxylic acids is 1. The second-order valence-electron chi connectivity index (χ2n) is 10.5. The highest BCUT2D eigenvalue weighted by atomic mass is 19.4. The summed E-state index contributed by atoms with van der Waals surface area (Å²) in [6.45, 7) is 3.75. The number of aromatic nitrogens is 3. The van der Waals surface area contributed by atoms with Crippen LogP contribution in [0.25, 0.3) is 22.0 Å². The topological polar surface area (TPSA) is 101 Å². The minimum atomic E-state index is -4.37. The van der Waals surface area contributed by atoms with Gasteiger partial charge in [0.2, 0.25) is 17.7 Å². The Morgan fingerprint density at radius 1 is 1.05 bits per heavy atom. The number of amides is 1. The van der Waals surface area contributed by atoms with Gasteiger partial charge in [0.15, 0.2) is 0 Å². The fraction of sp³-hybridized carbons (Fsp3) is 0.333. The Morgan fingerprint density at radius 2 is 1.93 bits per heavy atom. The van der Waals surface area contributed by atoms with Crippen LogP contribution in [0.5, 0.6) is 11.6 Å². The zero-order valence-electron chi connectivity index (χ0n) is 22.3. The molecule has 1 aliphatic heterocycles. The van der Waals surface area contributed by atoms with Gasteiger partial charge in [-0.15, -0.1) is 0 Å². The molecule has 3 atom stereocenters. The van der Waals surface area contributed by atoms with Crippen LogP contribution in [0, 0.1) is 18.8 Å². The van der Waals surface area contributed by atoms with Crippen molar-refractivity contribution in [3.05, 3.63) is 66.5 Å². The summed E-state index contributed by atoms with van der Waals surface area (Å²) in [6.07, 6.45) is 0.891. The highest BCUT2D eigenvalue weighted by molar-refractivity contribution is 6.05. The average molecular weight is 563 g/mol. The second-order valence-corrected chi connectivity index (χ2v) is 10.5. The Labute approximate surface area is 234 Å². The molecule has 11 heteroatoms. The molecule has 4 aromatic rings. The number of benzene rings is 2. The molecular formula is C30H29F3N6O2. The molecule has 1 saturated carbocycles. The number of hydrogen-bond donors (Lipinski definition) is 3. The molecular weight excluding hydrogens is 533 g/mol. The fourth-order valence-electron chi connectivity index (χ4n) is 5.26. The van der Waals surface area contributed by atoms with Crippen LogP contribution >= 0.6 is 0 Å². The number of fused-ring (bicyclic) bond motifs is 1. The van der Waals surface area contributed by atoms with Crippen LogP contribution in [0.15, 0.2) is 60.9 Å². The van der Waals surface area contributed by atoms with Crippen molar-refractivity contribution in [2.75, 3.05) is 23.7 Å². The van der Waals surface area contributed by atoms with Crippen molar-refractivity contribution in [1.82, 2.24) is 20.3 Å². The molecule has 6 rings (SSSR count). The summed E-state index contributed by atoms with van der Waals surface area (Å²) in [6, 6.07) is 14.6. The van der Waals surface area contributed by atoms with E-state index >= 15 is 0 Å². The third-order valence-corrected chi connectivity index (χ3v) is 7.55. The molecule has 41 heavy (non-hydrogen) atoms. The van der Waals surface area contributed by atoms with Crippen molar-refractivity contribution in [2.45, 2.75) is 38.4 Å². The number of nitrogens with one attached hydrogen (secondary N) is 3. The van der Waals surface area contributed by atoms with Crippen LogP contribution in [0.2, 0.25) is 0 Å². The lowest BCUT2D eigenvalue weighted by Crippen LogP contribution is -2.38. The first-order chi connectivity index (χ1) is 19.8. The standard InChI is InChI=1S/C30H29F3N6O2/c1-17-9-10-19-20(6-2-8-24(19)38-27(40)22-15-23(22)30(31,32)33)26(17)41-28-21(7-4-13-35-28)25-11-14-36-29(39-25)37-18-5-3-12-34-16-18/h2,4,6-11,13-14,18,22-23,34H,3,5,12,15-16H2,1H3,(H,38,40)(H,36,37,39). The average Bonchev–Trinajstić information content (AvgIpc) is 3.78. The molecule has 8 nitrogen and oxygen atoms in total. The van der Waals surface area contributed by atoms with Crippen LogP contribution in [0.1, 0.15) is 24.8 Å². The summed E-state index contributed by atoms with van der Waals surface area (Å²) in [5, 5.41) is 10.8. The smallest absolute Gasteiger partial charge is 0.392 e. The SMILES string of the molecule is Cc1ccc2c(NC(=O)C3CC3C(F)(F)F)cccc2c1Oc1ncccc1-c1ccnc(NC2CCCNC2)n1. The number of nitrogens with zero attached hydrogens (tertiary/aromatic N) is 3. The summed E-state index contributed by atoms with van der Waals surface area (Å²) in [4.78, 5) is 26.2. The zero-order valence-corrected chi connectivity index (χ0v) is 22.3. The van der Waals surface area contributed by atoms with Crippen LogP contribution in [0.4, 0.5) is 24.8 Å². The lowest BCUT2D eigenvalue weighted by molar-refractivity contribution is -0.153. The van der Waals surface area contributed by atoms with Gasteiger partial charge in [-0.1, -0.05) is 24.3 Å².